The van der Waals surface area contributed by atoms with Crippen LogP contribution in [0.3, 0.4) is 0 Å². The Labute approximate surface area is 209 Å². The van der Waals surface area contributed by atoms with E-state index in [1.807, 2.05) is 36.4 Å². The molecule has 1 heteroatoms. The van der Waals surface area contributed by atoms with E-state index in [-0.39, 0.29) is 5.82 Å². The molecule has 176 valence electrons. The maximum Gasteiger partial charge on any atom is 0.146 e. The predicted octanol–water partition coefficient (Wildman–Crippen LogP) is 8.63. The highest BCUT2D eigenvalue weighted by atomic mass is 19.1. The van der Waals surface area contributed by atoms with Crippen LogP contribution in [0.1, 0.15) is 59.6 Å². The van der Waals surface area contributed by atoms with Gasteiger partial charge in [-0.2, -0.15) is 0 Å². The van der Waals surface area contributed by atoms with Crippen molar-refractivity contribution in [1.29, 1.82) is 0 Å². The molecule has 0 spiro atoms. The molecule has 0 saturated heterocycles. The summed E-state index contributed by atoms with van der Waals surface area (Å²) in [5, 5.41) is 1.55. The molecule has 0 radical (unpaired) electrons. The minimum Gasteiger partial charge on any atom is -0.205 e. The van der Waals surface area contributed by atoms with Crippen LogP contribution in [0.15, 0.2) is 91.5 Å². The summed E-state index contributed by atoms with van der Waals surface area (Å²) in [4.78, 5) is 0. The van der Waals surface area contributed by atoms with Gasteiger partial charge in [0.1, 0.15) is 5.82 Å². The summed E-state index contributed by atoms with van der Waals surface area (Å²) in [6.45, 7) is 5.99. The van der Waals surface area contributed by atoms with Crippen molar-refractivity contribution in [3.05, 3.63) is 131 Å². The number of benzene rings is 4. The van der Waals surface area contributed by atoms with Crippen molar-refractivity contribution < 1.29 is 4.39 Å². The molecule has 0 heterocycles. The number of fused-ring (bicyclic) bond motifs is 1. The summed E-state index contributed by atoms with van der Waals surface area (Å²) in [6, 6.07) is 26.9. The van der Waals surface area contributed by atoms with Crippen molar-refractivity contribution in [1.82, 2.24) is 0 Å². The Hall–Kier alpha value is -3.63. The molecule has 0 fully saturated rings. The first-order valence-corrected chi connectivity index (χ1v) is 12.7. The van der Waals surface area contributed by atoms with Crippen molar-refractivity contribution in [2.75, 3.05) is 0 Å². The van der Waals surface area contributed by atoms with E-state index in [2.05, 4.69) is 67.8 Å². The van der Waals surface area contributed by atoms with E-state index in [4.69, 9.17) is 0 Å². The first kappa shape index (κ1) is 24.5. The average molecular weight is 461 g/mol. The Morgan fingerprint density at radius 1 is 0.714 bits per heavy atom. The molecule has 0 atom stereocenters. The average Bonchev–Trinajstić information content (AvgIpc) is 2.90. The summed E-state index contributed by atoms with van der Waals surface area (Å²) < 4.78 is 15.2. The standard InChI is InChI=1S/C34H33F/c1-3-5-7-26-9-13-28(14-10-26)17-18-30-20-24-33-32(25-30)23-22-31(34(33)35)21-19-29-15-11-27(12-16-29)8-6-4-2/h4,9-16,20,22-25H,2-3,5-8,17-18H2,1H3. The van der Waals surface area contributed by atoms with Gasteiger partial charge in [0.2, 0.25) is 0 Å². The maximum atomic E-state index is 15.2. The van der Waals surface area contributed by atoms with Gasteiger partial charge in [-0.25, -0.2) is 4.39 Å². The predicted molar refractivity (Wildman–Crippen MR) is 147 cm³/mol. The second-order valence-corrected chi connectivity index (χ2v) is 9.18. The molecule has 0 bridgehead atoms. The summed E-state index contributed by atoms with van der Waals surface area (Å²) in [7, 11) is 0. The normalized spacial score (nSPS) is 10.7. The number of allylic oxidation sites excluding steroid dienone is 1. The molecule has 0 N–H and O–H groups in total. The smallest absolute Gasteiger partial charge is 0.146 e. The van der Waals surface area contributed by atoms with Gasteiger partial charge in [0, 0.05) is 10.9 Å². The zero-order chi connectivity index (χ0) is 24.5. The number of hydrogen-bond acceptors (Lipinski definition) is 0. The Kier molecular flexibility index (Phi) is 8.53. The number of hydrogen-bond donors (Lipinski definition) is 0. The lowest BCUT2D eigenvalue weighted by molar-refractivity contribution is 0.636. The van der Waals surface area contributed by atoms with E-state index in [0.717, 1.165) is 43.1 Å². The molecular formula is C34H33F. The highest BCUT2D eigenvalue weighted by Crippen LogP contribution is 2.23. The number of rotatable bonds is 9. The fraction of sp³-hybridized carbons (Fsp3) is 0.235. The maximum absolute atomic E-state index is 15.2. The lowest BCUT2D eigenvalue weighted by atomic mass is 9.98. The molecule has 0 aliphatic heterocycles. The van der Waals surface area contributed by atoms with Gasteiger partial charge in [-0.1, -0.05) is 91.9 Å². The van der Waals surface area contributed by atoms with E-state index >= 15 is 4.39 Å². The highest BCUT2D eigenvalue weighted by molar-refractivity contribution is 5.85. The van der Waals surface area contributed by atoms with E-state index in [0.29, 0.717) is 10.9 Å². The Morgan fingerprint density at radius 2 is 1.34 bits per heavy atom. The molecular weight excluding hydrogens is 427 g/mol. The molecule has 4 aromatic rings. The zero-order valence-electron chi connectivity index (χ0n) is 20.6. The highest BCUT2D eigenvalue weighted by Gasteiger charge is 2.07. The summed E-state index contributed by atoms with van der Waals surface area (Å²) in [6.07, 6.45) is 9.40. The minimum atomic E-state index is -0.244. The van der Waals surface area contributed by atoms with Gasteiger partial charge in [-0.3, -0.25) is 0 Å². The van der Waals surface area contributed by atoms with Crippen molar-refractivity contribution in [2.45, 2.75) is 51.9 Å². The Morgan fingerprint density at radius 3 is 2.06 bits per heavy atom. The first-order chi connectivity index (χ1) is 17.2. The van der Waals surface area contributed by atoms with Crippen LogP contribution >= 0.6 is 0 Å². The van der Waals surface area contributed by atoms with Gasteiger partial charge < -0.3 is 0 Å². The third-order valence-corrected chi connectivity index (χ3v) is 6.50. The van der Waals surface area contributed by atoms with Crippen LogP contribution < -0.4 is 0 Å². The molecule has 0 aliphatic carbocycles. The molecule has 0 saturated carbocycles. The van der Waals surface area contributed by atoms with Crippen LogP contribution in [0.5, 0.6) is 0 Å². The van der Waals surface area contributed by atoms with Gasteiger partial charge in [0.25, 0.3) is 0 Å². The van der Waals surface area contributed by atoms with Crippen LogP contribution in [0.25, 0.3) is 10.8 Å². The topological polar surface area (TPSA) is 0 Å². The van der Waals surface area contributed by atoms with Crippen molar-refractivity contribution in [2.24, 2.45) is 0 Å². The van der Waals surface area contributed by atoms with Crippen LogP contribution in [-0.2, 0) is 25.7 Å². The van der Waals surface area contributed by atoms with Gasteiger partial charge in [-0.15, -0.1) is 6.58 Å². The van der Waals surface area contributed by atoms with E-state index in [1.54, 1.807) is 6.07 Å². The number of aryl methyl sites for hydroxylation is 4. The second kappa shape index (κ2) is 12.2. The van der Waals surface area contributed by atoms with Gasteiger partial charge >= 0.3 is 0 Å². The van der Waals surface area contributed by atoms with E-state index in [1.165, 1.54) is 35.1 Å². The largest absolute Gasteiger partial charge is 0.205 e. The lowest BCUT2D eigenvalue weighted by Gasteiger charge is -2.07. The minimum absolute atomic E-state index is 0.244. The van der Waals surface area contributed by atoms with Crippen LogP contribution in [0, 0.1) is 17.7 Å². The SMILES string of the molecule is C=CCCc1ccc(C#Cc2ccc3cc(CCc4ccc(CCCC)cc4)ccc3c2F)cc1. The molecule has 0 amide bonds. The van der Waals surface area contributed by atoms with Crippen LogP contribution in [0.2, 0.25) is 0 Å². The van der Waals surface area contributed by atoms with Crippen LogP contribution in [0.4, 0.5) is 4.39 Å². The van der Waals surface area contributed by atoms with Crippen LogP contribution in [-0.4, -0.2) is 0 Å². The molecule has 4 rings (SSSR count). The first-order valence-electron chi connectivity index (χ1n) is 12.7. The van der Waals surface area contributed by atoms with Crippen molar-refractivity contribution in [3.63, 3.8) is 0 Å². The monoisotopic (exact) mass is 460 g/mol. The van der Waals surface area contributed by atoms with Crippen molar-refractivity contribution in [3.8, 4) is 11.8 Å². The van der Waals surface area contributed by atoms with Gasteiger partial charge in [0.15, 0.2) is 0 Å². The Balaban J connectivity index is 1.43. The molecule has 0 unspecified atom stereocenters. The fourth-order valence-electron chi connectivity index (χ4n) is 4.30. The number of halogens is 1. The van der Waals surface area contributed by atoms with Gasteiger partial charge in [-0.05, 0) is 84.4 Å². The van der Waals surface area contributed by atoms with E-state index < -0.39 is 0 Å². The summed E-state index contributed by atoms with van der Waals surface area (Å²) in [5.74, 6) is 5.88. The molecule has 4 aromatic carbocycles. The summed E-state index contributed by atoms with van der Waals surface area (Å²) >= 11 is 0. The molecule has 0 aromatic heterocycles. The van der Waals surface area contributed by atoms with Crippen molar-refractivity contribution >= 4 is 10.8 Å². The third-order valence-electron chi connectivity index (χ3n) is 6.50. The second-order valence-electron chi connectivity index (χ2n) is 9.18. The molecule has 0 nitrogen and oxygen atoms in total. The zero-order valence-corrected chi connectivity index (χ0v) is 20.6. The van der Waals surface area contributed by atoms with Gasteiger partial charge in [0.05, 0.1) is 5.56 Å². The molecule has 35 heavy (non-hydrogen) atoms. The third kappa shape index (κ3) is 6.71. The lowest BCUT2D eigenvalue weighted by Crippen LogP contribution is -1.94. The number of unbranched alkanes of at least 4 members (excludes halogenated alkanes) is 1. The molecule has 0 aliphatic rings. The van der Waals surface area contributed by atoms with E-state index in [9.17, 15) is 0 Å². The fourth-order valence-corrected chi connectivity index (χ4v) is 4.30. The quantitative estimate of drug-likeness (QED) is 0.173. The summed E-state index contributed by atoms with van der Waals surface area (Å²) in [5.41, 5.74) is 6.56. The Bertz CT molecular complexity index is 1330.